The fraction of sp³-hybridized carbons (Fsp3) is 0.529. The van der Waals surface area contributed by atoms with Crippen LogP contribution in [0.1, 0.15) is 32.8 Å². The molecule has 1 amide bonds. The predicted molar refractivity (Wildman–Crippen MR) is 94.3 cm³/mol. The molecule has 0 unspecified atom stereocenters. The topological polar surface area (TPSA) is 77.0 Å². The Kier molecular flexibility index (Phi) is 6.51. The van der Waals surface area contributed by atoms with Gasteiger partial charge in [0.1, 0.15) is 17.6 Å². The third kappa shape index (κ3) is 5.72. The molecule has 1 saturated heterocycles. The third-order valence-electron chi connectivity index (χ3n) is 3.42. The minimum Gasteiger partial charge on any atom is -0.445 e. The summed E-state index contributed by atoms with van der Waals surface area (Å²) in [6.07, 6.45) is 0.00874. The van der Waals surface area contributed by atoms with E-state index in [2.05, 4.69) is 9.71 Å². The van der Waals surface area contributed by atoms with Gasteiger partial charge in [0.25, 0.3) is 0 Å². The third-order valence-corrected chi connectivity index (χ3v) is 4.87. The molecule has 1 aromatic rings. The van der Waals surface area contributed by atoms with Crippen LogP contribution in [0.15, 0.2) is 34.7 Å². The molecule has 2 atom stereocenters. The van der Waals surface area contributed by atoms with Crippen molar-refractivity contribution in [2.45, 2.75) is 44.6 Å². The molecular weight excluding hydrogens is 328 g/mol. The number of alkyl carbamates (subject to hydrolysis) is 1. The van der Waals surface area contributed by atoms with Gasteiger partial charge in [0, 0.05) is 6.42 Å². The van der Waals surface area contributed by atoms with Crippen molar-refractivity contribution in [3.63, 3.8) is 0 Å². The van der Waals surface area contributed by atoms with Gasteiger partial charge in [-0.3, -0.25) is 0 Å². The quantitative estimate of drug-likeness (QED) is 0.904. The van der Waals surface area contributed by atoms with Gasteiger partial charge in [0.2, 0.25) is 0 Å². The van der Waals surface area contributed by atoms with Gasteiger partial charge in [0.15, 0.2) is 0 Å². The van der Waals surface area contributed by atoms with E-state index < -0.39 is 27.9 Å². The molecule has 7 heteroatoms. The van der Waals surface area contributed by atoms with E-state index in [1.807, 2.05) is 51.1 Å². The number of rotatable bonds is 4. The fourth-order valence-corrected chi connectivity index (χ4v) is 2.74. The maximum Gasteiger partial charge on any atom is 0.408 e. The summed E-state index contributed by atoms with van der Waals surface area (Å²) in [5.41, 5.74) is 1.60. The number of carbonyl (C=O) groups excluding carboxylic acids is 1. The monoisotopic (exact) mass is 352 g/mol. The highest BCUT2D eigenvalue weighted by atomic mass is 32.2. The second-order valence-electron chi connectivity index (χ2n) is 6.53. The number of benzene rings is 1. The summed E-state index contributed by atoms with van der Waals surface area (Å²) in [4.78, 5) is 12.0. The Bertz CT molecular complexity index is 611. The first kappa shape index (κ1) is 18.6. The number of hydrogen-bond acceptors (Lipinski definition) is 4. The number of amides is 1. The van der Waals surface area contributed by atoms with E-state index in [0.29, 0.717) is 25.3 Å². The Hall–Kier alpha value is -1.73. The lowest BCUT2D eigenvalue weighted by molar-refractivity contribution is 0.102. The number of nitrogens with one attached hydrogen (secondary N) is 1. The fourth-order valence-electron chi connectivity index (χ4n) is 2.03. The highest BCUT2D eigenvalue weighted by molar-refractivity contribution is 7.85. The summed E-state index contributed by atoms with van der Waals surface area (Å²) in [5.74, 6) is 0. The second kappa shape index (κ2) is 8.39. The second-order valence-corrected chi connectivity index (χ2v) is 8.43. The van der Waals surface area contributed by atoms with E-state index in [1.165, 1.54) is 0 Å². The van der Waals surface area contributed by atoms with Crippen LogP contribution in [-0.2, 0) is 27.1 Å². The van der Waals surface area contributed by atoms with Crippen molar-refractivity contribution >= 4 is 22.8 Å². The van der Waals surface area contributed by atoms with Crippen molar-refractivity contribution in [1.82, 2.24) is 5.32 Å². The van der Waals surface area contributed by atoms with Gasteiger partial charge in [-0.15, -0.1) is 0 Å². The summed E-state index contributed by atoms with van der Waals surface area (Å²) in [7, 11) is -1.36. The van der Waals surface area contributed by atoms with Gasteiger partial charge in [-0.1, -0.05) is 30.3 Å². The molecule has 2 rings (SSSR count). The zero-order valence-corrected chi connectivity index (χ0v) is 15.1. The van der Waals surface area contributed by atoms with E-state index in [4.69, 9.17) is 9.47 Å². The van der Waals surface area contributed by atoms with Gasteiger partial charge in [-0.05, 0) is 26.3 Å². The number of ether oxygens (including phenoxy) is 2. The first-order valence-electron chi connectivity index (χ1n) is 7.90. The molecule has 24 heavy (non-hydrogen) atoms. The Morgan fingerprint density at radius 2 is 2.08 bits per heavy atom. The van der Waals surface area contributed by atoms with E-state index >= 15 is 0 Å². The first-order chi connectivity index (χ1) is 11.4. The number of hydrogen-bond donors (Lipinski definition) is 1. The lowest BCUT2D eigenvalue weighted by Gasteiger charge is -2.26. The molecule has 1 N–H and O–H groups in total. The maximum absolute atomic E-state index is 12.2. The lowest BCUT2D eigenvalue weighted by Crippen LogP contribution is -2.47. The van der Waals surface area contributed by atoms with Gasteiger partial charge < -0.3 is 14.8 Å². The molecule has 6 nitrogen and oxygen atoms in total. The van der Waals surface area contributed by atoms with Gasteiger partial charge in [-0.25, -0.2) is 9.00 Å². The molecule has 0 aliphatic carbocycles. The predicted octanol–water partition coefficient (Wildman–Crippen LogP) is 2.60. The van der Waals surface area contributed by atoms with Crippen molar-refractivity contribution in [3.8, 4) is 0 Å². The van der Waals surface area contributed by atoms with E-state index in [-0.39, 0.29) is 6.61 Å². The van der Waals surface area contributed by atoms with Crippen LogP contribution in [0.4, 0.5) is 4.79 Å². The minimum absolute atomic E-state index is 0.195. The SMILES string of the molecule is CC(C)(C)[S@@](=O)N=C1CCOC[C@@H]1NC(=O)OCc1ccccc1. The molecule has 1 heterocycles. The first-order valence-corrected chi connectivity index (χ1v) is 9.01. The largest absolute Gasteiger partial charge is 0.445 e. The molecular formula is C17H24N2O4S. The van der Waals surface area contributed by atoms with Crippen LogP contribution in [-0.4, -0.2) is 40.0 Å². The molecule has 0 saturated carbocycles. The van der Waals surface area contributed by atoms with Crippen LogP contribution in [0, 0.1) is 0 Å². The average Bonchev–Trinajstić information content (AvgIpc) is 2.55. The van der Waals surface area contributed by atoms with Crippen molar-refractivity contribution in [2.75, 3.05) is 13.2 Å². The minimum atomic E-state index is -1.36. The number of nitrogens with zero attached hydrogens (tertiary/aromatic N) is 1. The standard InChI is InChI=1S/C17H24N2O4S/c1-17(2,3)24(21)19-14-9-10-22-12-15(14)18-16(20)23-11-13-7-5-4-6-8-13/h4-8,15H,9-12H2,1-3H3,(H,18,20)/t15-,24+/m0/s1. The van der Waals surface area contributed by atoms with Crippen LogP contribution in [0.5, 0.6) is 0 Å². The molecule has 1 aliphatic heterocycles. The van der Waals surface area contributed by atoms with Crippen molar-refractivity contribution in [3.05, 3.63) is 35.9 Å². The summed E-state index contributed by atoms with van der Waals surface area (Å²) >= 11 is 0. The Balaban J connectivity index is 1.94. The Morgan fingerprint density at radius 1 is 1.38 bits per heavy atom. The van der Waals surface area contributed by atoms with Crippen LogP contribution >= 0.6 is 0 Å². The Labute approximate surface area is 145 Å². The highest BCUT2D eigenvalue weighted by Gasteiger charge is 2.27. The van der Waals surface area contributed by atoms with Crippen LogP contribution in [0.3, 0.4) is 0 Å². The lowest BCUT2D eigenvalue weighted by atomic mass is 10.1. The highest BCUT2D eigenvalue weighted by Crippen LogP contribution is 2.15. The molecule has 0 spiro atoms. The van der Waals surface area contributed by atoms with Gasteiger partial charge in [0.05, 0.1) is 29.7 Å². The molecule has 1 aliphatic rings. The summed E-state index contributed by atoms with van der Waals surface area (Å²) < 4.78 is 26.7. The zero-order chi connectivity index (χ0) is 17.6. The maximum atomic E-state index is 12.2. The normalized spacial score (nSPS) is 21.3. The van der Waals surface area contributed by atoms with Crippen molar-refractivity contribution in [1.29, 1.82) is 0 Å². The Morgan fingerprint density at radius 3 is 2.75 bits per heavy atom. The molecule has 1 aromatic carbocycles. The molecule has 0 bridgehead atoms. The molecule has 0 aromatic heterocycles. The van der Waals surface area contributed by atoms with Crippen LogP contribution < -0.4 is 5.32 Å². The van der Waals surface area contributed by atoms with E-state index in [9.17, 15) is 9.00 Å². The van der Waals surface area contributed by atoms with Crippen molar-refractivity contribution < 1.29 is 18.5 Å². The molecule has 1 fully saturated rings. The van der Waals surface area contributed by atoms with Gasteiger partial charge >= 0.3 is 6.09 Å². The van der Waals surface area contributed by atoms with E-state index in [1.54, 1.807) is 0 Å². The summed E-state index contributed by atoms with van der Waals surface area (Å²) in [6, 6.07) is 9.04. The number of carbonyl (C=O) groups is 1. The van der Waals surface area contributed by atoms with Crippen molar-refractivity contribution in [2.24, 2.45) is 4.40 Å². The average molecular weight is 352 g/mol. The van der Waals surface area contributed by atoms with E-state index in [0.717, 1.165) is 5.56 Å². The smallest absolute Gasteiger partial charge is 0.408 e. The van der Waals surface area contributed by atoms with Crippen LogP contribution in [0.25, 0.3) is 0 Å². The summed E-state index contributed by atoms with van der Waals surface area (Å²) in [5, 5.41) is 2.74. The zero-order valence-electron chi connectivity index (χ0n) is 14.3. The van der Waals surface area contributed by atoms with Gasteiger partial charge in [-0.2, -0.15) is 4.40 Å². The molecule has 0 radical (unpaired) electrons. The summed E-state index contributed by atoms with van der Waals surface area (Å²) in [6.45, 7) is 6.61. The molecule has 132 valence electrons. The van der Waals surface area contributed by atoms with Crippen LogP contribution in [0.2, 0.25) is 0 Å².